The van der Waals surface area contributed by atoms with Crippen molar-refractivity contribution >= 4 is 5.78 Å². The van der Waals surface area contributed by atoms with Crippen molar-refractivity contribution in [2.45, 2.75) is 47.5 Å². The van der Waals surface area contributed by atoms with E-state index in [-0.39, 0.29) is 5.78 Å². The fourth-order valence-electron chi connectivity index (χ4n) is 2.62. The van der Waals surface area contributed by atoms with Crippen LogP contribution in [-0.2, 0) is 4.79 Å². The average Bonchev–Trinajstić information content (AvgIpc) is 2.26. The third kappa shape index (κ3) is 5.02. The van der Waals surface area contributed by atoms with E-state index in [1.54, 1.807) is 13.0 Å². The summed E-state index contributed by atoms with van der Waals surface area (Å²) in [5.74, 6) is 0.599. The number of carbonyl (C=O) groups excluding carboxylic acids is 1. The Labute approximate surface area is 117 Å². The molecule has 0 saturated carbocycles. The molecule has 1 heteroatoms. The van der Waals surface area contributed by atoms with Crippen LogP contribution in [0.5, 0.6) is 0 Å². The molecular weight excluding hydrogens is 232 g/mol. The Hall–Kier alpha value is -1.37. The third-order valence-corrected chi connectivity index (χ3v) is 3.83. The highest BCUT2D eigenvalue weighted by molar-refractivity contribution is 5.87. The zero-order valence-electron chi connectivity index (χ0n) is 12.9. The van der Waals surface area contributed by atoms with Crippen LogP contribution in [0.2, 0.25) is 0 Å². The molecule has 0 heterocycles. The molecule has 1 unspecified atom stereocenters. The van der Waals surface area contributed by atoms with E-state index < -0.39 is 0 Å². The number of hydrogen-bond acceptors (Lipinski definition) is 1. The second-order valence-electron chi connectivity index (χ2n) is 6.19. The maximum atomic E-state index is 10.8. The van der Waals surface area contributed by atoms with Crippen LogP contribution in [0, 0.1) is 11.3 Å². The van der Waals surface area contributed by atoms with Gasteiger partial charge in [-0.15, -0.1) is 0 Å². The van der Waals surface area contributed by atoms with Crippen molar-refractivity contribution in [3.05, 3.63) is 47.6 Å². The summed E-state index contributed by atoms with van der Waals surface area (Å²) in [6, 6.07) is 0. The topological polar surface area (TPSA) is 17.1 Å². The van der Waals surface area contributed by atoms with Gasteiger partial charge in [-0.3, -0.25) is 4.79 Å². The molecular formula is C18H26O. The first-order valence-corrected chi connectivity index (χ1v) is 7.03. The Balaban J connectivity index is 2.77. The lowest BCUT2D eigenvalue weighted by Crippen LogP contribution is -2.26. The molecule has 0 aromatic rings. The SMILES string of the molecule is CC(=O)/C=C/C=C(C)/C=C/C1C(C)=CCCC1(C)C. The largest absolute Gasteiger partial charge is 0.295 e. The minimum absolute atomic E-state index is 0.0835. The molecule has 1 nitrogen and oxygen atoms in total. The summed E-state index contributed by atoms with van der Waals surface area (Å²) in [6.45, 7) is 10.5. The zero-order chi connectivity index (χ0) is 14.5. The van der Waals surface area contributed by atoms with E-state index in [4.69, 9.17) is 0 Å². The molecule has 1 atom stereocenters. The number of hydrogen-bond donors (Lipinski definition) is 0. The van der Waals surface area contributed by atoms with E-state index >= 15 is 0 Å². The summed E-state index contributed by atoms with van der Waals surface area (Å²) in [5, 5.41) is 0. The van der Waals surface area contributed by atoms with Gasteiger partial charge in [0.25, 0.3) is 0 Å². The van der Waals surface area contributed by atoms with Crippen LogP contribution >= 0.6 is 0 Å². The first kappa shape index (κ1) is 15.7. The van der Waals surface area contributed by atoms with Crippen molar-refractivity contribution in [2.75, 3.05) is 0 Å². The van der Waals surface area contributed by atoms with Crippen molar-refractivity contribution in [1.29, 1.82) is 0 Å². The Bertz CT molecular complexity index is 444. The summed E-state index contributed by atoms with van der Waals surface area (Å²) >= 11 is 0. The van der Waals surface area contributed by atoms with Gasteiger partial charge in [0.05, 0.1) is 0 Å². The molecule has 104 valence electrons. The molecule has 0 N–H and O–H groups in total. The van der Waals surface area contributed by atoms with Gasteiger partial charge in [0.2, 0.25) is 0 Å². The lowest BCUT2D eigenvalue weighted by atomic mass is 9.68. The number of ketones is 1. The van der Waals surface area contributed by atoms with E-state index in [0.717, 1.165) is 0 Å². The van der Waals surface area contributed by atoms with Crippen LogP contribution in [0.1, 0.15) is 47.5 Å². The Kier molecular flexibility index (Phi) is 5.53. The van der Waals surface area contributed by atoms with E-state index in [9.17, 15) is 4.79 Å². The second kappa shape index (κ2) is 6.70. The van der Waals surface area contributed by atoms with E-state index in [1.807, 2.05) is 12.2 Å². The molecule has 0 amide bonds. The molecule has 0 spiro atoms. The van der Waals surface area contributed by atoms with Gasteiger partial charge in [-0.25, -0.2) is 0 Å². The van der Waals surface area contributed by atoms with Gasteiger partial charge in [0, 0.05) is 5.92 Å². The summed E-state index contributed by atoms with van der Waals surface area (Å²) in [5.41, 5.74) is 2.98. The molecule has 19 heavy (non-hydrogen) atoms. The van der Waals surface area contributed by atoms with Crippen LogP contribution in [0.15, 0.2) is 47.6 Å². The van der Waals surface area contributed by atoms with Crippen LogP contribution in [0.25, 0.3) is 0 Å². The van der Waals surface area contributed by atoms with Gasteiger partial charge in [-0.1, -0.05) is 55.4 Å². The highest BCUT2D eigenvalue weighted by Crippen LogP contribution is 2.41. The van der Waals surface area contributed by atoms with Crippen LogP contribution in [0.3, 0.4) is 0 Å². The summed E-state index contributed by atoms with van der Waals surface area (Å²) in [4.78, 5) is 10.8. The van der Waals surface area contributed by atoms with Gasteiger partial charge < -0.3 is 0 Å². The maximum Gasteiger partial charge on any atom is 0.152 e. The number of carbonyl (C=O) groups is 1. The number of rotatable bonds is 4. The summed E-state index contributed by atoms with van der Waals surface area (Å²) in [7, 11) is 0. The van der Waals surface area contributed by atoms with Gasteiger partial charge in [-0.2, -0.15) is 0 Å². The van der Waals surface area contributed by atoms with Gasteiger partial charge in [0.15, 0.2) is 5.78 Å². The summed E-state index contributed by atoms with van der Waals surface area (Å²) in [6.07, 6.45) is 14.6. The smallest absolute Gasteiger partial charge is 0.152 e. The third-order valence-electron chi connectivity index (χ3n) is 3.83. The van der Waals surface area contributed by atoms with Crippen molar-refractivity contribution < 1.29 is 4.79 Å². The first-order chi connectivity index (χ1) is 8.83. The molecule has 1 aliphatic rings. The zero-order valence-corrected chi connectivity index (χ0v) is 12.9. The Morgan fingerprint density at radius 1 is 1.32 bits per heavy atom. The Morgan fingerprint density at radius 3 is 2.58 bits per heavy atom. The van der Waals surface area contributed by atoms with Crippen molar-refractivity contribution in [2.24, 2.45) is 11.3 Å². The second-order valence-corrected chi connectivity index (χ2v) is 6.19. The van der Waals surface area contributed by atoms with Crippen molar-refractivity contribution in [1.82, 2.24) is 0 Å². The lowest BCUT2D eigenvalue weighted by molar-refractivity contribution is -0.112. The predicted molar refractivity (Wildman–Crippen MR) is 83.0 cm³/mol. The minimum Gasteiger partial charge on any atom is -0.295 e. The molecule has 0 bridgehead atoms. The molecule has 1 rings (SSSR count). The monoisotopic (exact) mass is 258 g/mol. The predicted octanol–water partition coefficient (Wildman–Crippen LogP) is 5.02. The molecule has 0 radical (unpaired) electrons. The highest BCUT2D eigenvalue weighted by Gasteiger charge is 2.30. The van der Waals surface area contributed by atoms with E-state index in [1.165, 1.54) is 24.0 Å². The quantitative estimate of drug-likeness (QED) is 0.393. The fraction of sp³-hybridized carbons (Fsp3) is 0.500. The minimum atomic E-state index is 0.0835. The highest BCUT2D eigenvalue weighted by atomic mass is 16.1. The van der Waals surface area contributed by atoms with E-state index in [0.29, 0.717) is 11.3 Å². The van der Waals surface area contributed by atoms with Gasteiger partial charge >= 0.3 is 0 Å². The fourth-order valence-corrected chi connectivity index (χ4v) is 2.62. The molecule has 0 aromatic heterocycles. The average molecular weight is 258 g/mol. The molecule has 0 aromatic carbocycles. The molecule has 0 aliphatic heterocycles. The molecule has 0 saturated heterocycles. The van der Waals surface area contributed by atoms with Crippen molar-refractivity contribution in [3.8, 4) is 0 Å². The lowest BCUT2D eigenvalue weighted by Gasteiger charge is -2.36. The standard InChI is InChI=1S/C18H26O/c1-14(8-6-10-16(3)19)11-12-17-15(2)9-7-13-18(17,4)5/h6,8-12,17H,7,13H2,1-5H3/b10-6+,12-11+,14-8+. The Morgan fingerprint density at radius 2 is 2.00 bits per heavy atom. The maximum absolute atomic E-state index is 10.8. The molecule has 1 aliphatic carbocycles. The normalized spacial score (nSPS) is 23.9. The van der Waals surface area contributed by atoms with Gasteiger partial charge in [-0.05, 0) is 45.1 Å². The van der Waals surface area contributed by atoms with Crippen LogP contribution < -0.4 is 0 Å². The number of allylic oxidation sites excluding steroid dienone is 8. The van der Waals surface area contributed by atoms with Crippen LogP contribution in [-0.4, -0.2) is 5.78 Å². The van der Waals surface area contributed by atoms with Crippen LogP contribution in [0.4, 0.5) is 0 Å². The first-order valence-electron chi connectivity index (χ1n) is 7.03. The van der Waals surface area contributed by atoms with E-state index in [2.05, 4.69) is 45.9 Å². The van der Waals surface area contributed by atoms with Gasteiger partial charge in [0.1, 0.15) is 0 Å². The van der Waals surface area contributed by atoms with Crippen molar-refractivity contribution in [3.63, 3.8) is 0 Å². The summed E-state index contributed by atoms with van der Waals surface area (Å²) < 4.78 is 0. The molecule has 0 fully saturated rings.